The van der Waals surface area contributed by atoms with Gasteiger partial charge in [-0.1, -0.05) is 26.2 Å². The Morgan fingerprint density at radius 1 is 1.35 bits per heavy atom. The Bertz CT molecular complexity index is 545. The molecule has 130 valence electrons. The number of ether oxygens (including phenoxy) is 4. The van der Waals surface area contributed by atoms with Crippen molar-refractivity contribution in [2.45, 2.75) is 69.2 Å². The third-order valence-corrected chi connectivity index (χ3v) is 7.28. The normalized spacial score (nSPS) is 42.3. The second kappa shape index (κ2) is 5.11. The molecule has 3 aliphatic heterocycles. The van der Waals surface area contributed by atoms with Crippen LogP contribution in [0, 0.1) is 0 Å². The molecule has 3 aliphatic rings. The van der Waals surface area contributed by atoms with Gasteiger partial charge in [0.1, 0.15) is 26.4 Å². The number of carbonyl (C=O) groups excluding carboxylic acids is 1. The second-order valence-electron chi connectivity index (χ2n) is 7.77. The number of nitrogens with one attached hydrogen (secondary N) is 1. The quantitative estimate of drug-likeness (QED) is 0.439. The van der Waals surface area contributed by atoms with Crippen LogP contribution in [-0.2, 0) is 23.7 Å². The number of fused-ring (bicyclic) bond motifs is 1. The van der Waals surface area contributed by atoms with Gasteiger partial charge in [0.05, 0.1) is 12.2 Å². The molecule has 0 aliphatic carbocycles. The van der Waals surface area contributed by atoms with Crippen LogP contribution in [0.25, 0.3) is 0 Å². The molecule has 0 radical (unpaired) electrons. The molecule has 0 aromatic rings. The largest absolute Gasteiger partial charge is 0.394 e. The van der Waals surface area contributed by atoms with Crippen molar-refractivity contribution in [1.82, 2.24) is 5.32 Å². The molecular weight excluding hydrogens is 318 g/mol. The van der Waals surface area contributed by atoms with E-state index in [1.54, 1.807) is 13.8 Å². The molecule has 0 unspecified atom stereocenters. The van der Waals surface area contributed by atoms with E-state index in [9.17, 15) is 9.90 Å². The Hall–Kier alpha value is -0.773. The first-order chi connectivity index (χ1) is 10.5. The van der Waals surface area contributed by atoms with Gasteiger partial charge in [-0.15, -0.1) is 0 Å². The Morgan fingerprint density at radius 2 is 2.00 bits per heavy atom. The third-order valence-electron chi connectivity index (χ3n) is 4.62. The summed E-state index contributed by atoms with van der Waals surface area (Å²) in [5.74, 6) is -0.976. The van der Waals surface area contributed by atoms with E-state index in [0.29, 0.717) is 5.57 Å². The third kappa shape index (κ3) is 2.48. The lowest BCUT2D eigenvalue weighted by Crippen LogP contribution is -2.77. The fourth-order valence-electron chi connectivity index (χ4n) is 3.37. The van der Waals surface area contributed by atoms with Crippen LogP contribution in [-0.4, -0.2) is 61.4 Å². The molecule has 3 saturated heterocycles. The highest BCUT2D eigenvalue weighted by Gasteiger charge is 2.63. The summed E-state index contributed by atoms with van der Waals surface area (Å²) in [6.45, 7) is 13.6. The van der Waals surface area contributed by atoms with Gasteiger partial charge in [0.2, 0.25) is 0 Å². The summed E-state index contributed by atoms with van der Waals surface area (Å²) in [5, 5.41) is 11.6. The number of amides is 1. The molecule has 3 rings (SSSR count). The van der Waals surface area contributed by atoms with Crippen molar-refractivity contribution in [1.29, 1.82) is 0 Å². The molecule has 2 N–H and O–H groups in total. The summed E-state index contributed by atoms with van der Waals surface area (Å²) >= 11 is 0. The first-order valence-corrected chi connectivity index (χ1v) is 11.3. The maximum Gasteiger partial charge on any atom is 0.253 e. The summed E-state index contributed by atoms with van der Waals surface area (Å²) in [5.41, 5.74) is 0.426. The van der Waals surface area contributed by atoms with E-state index < -0.39 is 43.8 Å². The Labute approximate surface area is 136 Å². The van der Waals surface area contributed by atoms with Crippen LogP contribution in [0.5, 0.6) is 0 Å². The molecule has 0 aromatic carbocycles. The summed E-state index contributed by atoms with van der Waals surface area (Å²) in [4.78, 5) is 11.7. The highest BCUT2D eigenvalue weighted by Crippen LogP contribution is 2.44. The zero-order valence-electron chi connectivity index (χ0n) is 14.2. The zero-order valence-corrected chi connectivity index (χ0v) is 15.2. The van der Waals surface area contributed by atoms with Crippen molar-refractivity contribution in [2.75, 3.05) is 6.61 Å². The van der Waals surface area contributed by atoms with Crippen molar-refractivity contribution in [3.8, 4) is 0 Å². The predicted octanol–water partition coefficient (Wildman–Crippen LogP) is 0.500. The van der Waals surface area contributed by atoms with Crippen molar-refractivity contribution >= 4 is 14.0 Å². The Balaban J connectivity index is 1.87. The molecule has 0 saturated carbocycles. The van der Waals surface area contributed by atoms with Crippen molar-refractivity contribution < 1.29 is 28.8 Å². The second-order valence-corrected chi connectivity index (χ2v) is 13.0. The van der Waals surface area contributed by atoms with Crippen LogP contribution in [0.15, 0.2) is 12.2 Å². The average Bonchev–Trinajstić information content (AvgIpc) is 2.88. The van der Waals surface area contributed by atoms with Gasteiger partial charge in [-0.2, -0.15) is 0 Å². The van der Waals surface area contributed by atoms with Crippen LogP contribution in [0.3, 0.4) is 0 Å². The monoisotopic (exact) mass is 343 g/mol. The van der Waals surface area contributed by atoms with E-state index in [4.69, 9.17) is 18.9 Å². The molecule has 7 nitrogen and oxygen atoms in total. The predicted molar refractivity (Wildman–Crippen MR) is 84.0 cm³/mol. The van der Waals surface area contributed by atoms with E-state index in [-0.39, 0.29) is 12.5 Å². The summed E-state index contributed by atoms with van der Waals surface area (Å²) in [6, 6.07) is 0. The number of β-lactam (4-membered cyclic amide) rings is 1. The smallest absolute Gasteiger partial charge is 0.253 e. The van der Waals surface area contributed by atoms with E-state index in [0.717, 1.165) is 0 Å². The zero-order chi connectivity index (χ0) is 17.2. The van der Waals surface area contributed by atoms with Gasteiger partial charge in [-0.3, -0.25) is 4.79 Å². The van der Waals surface area contributed by atoms with Gasteiger partial charge in [0.25, 0.3) is 5.91 Å². The number of hydrogen-bond donors (Lipinski definition) is 2. The summed E-state index contributed by atoms with van der Waals surface area (Å²) < 4.78 is 23.7. The van der Waals surface area contributed by atoms with Crippen LogP contribution in [0.1, 0.15) is 13.8 Å². The van der Waals surface area contributed by atoms with Crippen LogP contribution in [0.2, 0.25) is 19.6 Å². The Morgan fingerprint density at radius 3 is 2.48 bits per heavy atom. The molecule has 0 aromatic heterocycles. The summed E-state index contributed by atoms with van der Waals surface area (Å²) in [7, 11) is -2.01. The molecule has 23 heavy (non-hydrogen) atoms. The van der Waals surface area contributed by atoms with Crippen molar-refractivity contribution in [2.24, 2.45) is 0 Å². The van der Waals surface area contributed by atoms with Gasteiger partial charge < -0.3 is 29.4 Å². The molecule has 1 amide bonds. The van der Waals surface area contributed by atoms with Crippen LogP contribution < -0.4 is 5.32 Å². The van der Waals surface area contributed by atoms with Crippen LogP contribution >= 0.6 is 0 Å². The van der Waals surface area contributed by atoms with Gasteiger partial charge in [0, 0.05) is 0 Å². The average molecular weight is 343 g/mol. The SMILES string of the molecule is C=C1C(=O)N[C@]1(O[C@@H]1[C@H]2OC(C)(C)O[C@H]2O[C@@H]1CO)[Si](C)(C)C. The fourth-order valence-corrected chi connectivity index (χ4v) is 5.36. The lowest BCUT2D eigenvalue weighted by molar-refractivity contribution is -0.229. The summed E-state index contributed by atoms with van der Waals surface area (Å²) in [6.07, 6.45) is -2.16. The number of hydrogen-bond acceptors (Lipinski definition) is 6. The van der Waals surface area contributed by atoms with E-state index in [1.807, 2.05) is 0 Å². The first kappa shape index (κ1) is 17.1. The van der Waals surface area contributed by atoms with Gasteiger partial charge in [-0.25, -0.2) is 0 Å². The highest BCUT2D eigenvalue weighted by molar-refractivity contribution is 6.81. The van der Waals surface area contributed by atoms with Gasteiger partial charge in [-0.05, 0) is 13.8 Å². The maximum atomic E-state index is 11.7. The minimum Gasteiger partial charge on any atom is -0.394 e. The number of aliphatic hydroxyl groups is 1. The maximum absolute atomic E-state index is 11.7. The minimum atomic E-state index is -2.01. The van der Waals surface area contributed by atoms with E-state index >= 15 is 0 Å². The lowest BCUT2D eigenvalue weighted by atomic mass is 10.1. The number of aliphatic hydroxyl groups excluding tert-OH is 1. The molecule has 0 bridgehead atoms. The van der Waals surface area contributed by atoms with E-state index in [2.05, 4.69) is 31.5 Å². The molecular formula is C15H25NO6Si. The highest BCUT2D eigenvalue weighted by atomic mass is 28.3. The first-order valence-electron chi connectivity index (χ1n) is 7.82. The standard InChI is InChI=1S/C15H25NO6Si/c1-8-12(18)16-15(8,23(4,5)6)21-10-9(7-17)19-13-11(10)20-14(2,3)22-13/h9-11,13,17H,1,7H2,2-6H3,(H,16,18)/t9-,10+,11-,13-,15-/m1/s1. The number of rotatable bonds is 4. The molecule has 0 spiro atoms. The number of carbonyl (C=O) groups is 1. The van der Waals surface area contributed by atoms with Crippen molar-refractivity contribution in [3.63, 3.8) is 0 Å². The topological polar surface area (TPSA) is 86.3 Å². The fraction of sp³-hybridized carbons (Fsp3) is 0.800. The molecule has 8 heteroatoms. The van der Waals surface area contributed by atoms with Gasteiger partial charge >= 0.3 is 0 Å². The Kier molecular flexibility index (Phi) is 3.79. The minimum absolute atomic E-state index is 0.202. The van der Waals surface area contributed by atoms with Gasteiger partial charge in [0.15, 0.2) is 17.4 Å². The van der Waals surface area contributed by atoms with Crippen LogP contribution in [0.4, 0.5) is 0 Å². The lowest BCUT2D eigenvalue weighted by Gasteiger charge is -2.53. The van der Waals surface area contributed by atoms with E-state index in [1.165, 1.54) is 0 Å². The molecule has 5 atom stereocenters. The molecule has 3 heterocycles. The van der Waals surface area contributed by atoms with Crippen molar-refractivity contribution in [3.05, 3.63) is 12.2 Å². The molecule has 3 fully saturated rings.